The van der Waals surface area contributed by atoms with Crippen LogP contribution in [0.25, 0.3) is 5.82 Å². The Hall–Kier alpha value is -2.74. The van der Waals surface area contributed by atoms with Crippen LogP contribution >= 0.6 is 0 Å². The maximum atomic E-state index is 10.1. The predicted octanol–water partition coefficient (Wildman–Crippen LogP) is 1.57. The summed E-state index contributed by atoms with van der Waals surface area (Å²) in [5, 5.41) is 30.7. The molecule has 0 unspecified atom stereocenters. The Morgan fingerprint density at radius 2 is 2.04 bits per heavy atom. The van der Waals surface area contributed by atoms with E-state index in [0.717, 1.165) is 17.0 Å². The number of hydrogen-bond donors (Lipinski definition) is 2. The molecule has 8 heteroatoms. The first-order valence-electron chi connectivity index (χ1n) is 8.34. The molecule has 4 rings (SSSR count). The van der Waals surface area contributed by atoms with Crippen LogP contribution in [-0.4, -0.2) is 47.0 Å². The van der Waals surface area contributed by atoms with E-state index in [1.54, 1.807) is 10.9 Å². The van der Waals surface area contributed by atoms with Gasteiger partial charge in [-0.15, -0.1) is 10.2 Å². The van der Waals surface area contributed by atoms with Crippen LogP contribution < -0.4 is 5.32 Å². The molecule has 3 aromatic rings. The highest BCUT2D eigenvalue weighted by atomic mass is 16.3. The molecule has 0 amide bonds. The molecule has 1 aliphatic rings. The average molecular weight is 339 g/mol. The van der Waals surface area contributed by atoms with Crippen LogP contribution in [0.1, 0.15) is 29.4 Å². The fourth-order valence-electron chi connectivity index (χ4n) is 3.28. The van der Waals surface area contributed by atoms with E-state index in [9.17, 15) is 5.11 Å². The van der Waals surface area contributed by atoms with Crippen LogP contribution in [0, 0.1) is 20.8 Å². The molecule has 2 N–H and O–H groups in total. The van der Waals surface area contributed by atoms with Crippen molar-refractivity contribution in [1.29, 1.82) is 0 Å². The monoisotopic (exact) mass is 339 g/mol. The van der Waals surface area contributed by atoms with E-state index in [1.807, 2.05) is 49.8 Å². The lowest BCUT2D eigenvalue weighted by molar-refractivity contribution is 0.0132. The van der Waals surface area contributed by atoms with Crippen molar-refractivity contribution in [3.8, 4) is 5.82 Å². The number of aryl methyl sites for hydroxylation is 3. The number of aliphatic hydroxyl groups is 1. The summed E-state index contributed by atoms with van der Waals surface area (Å²) in [6.45, 7) is 5.92. The van der Waals surface area contributed by atoms with Crippen LogP contribution in [0.2, 0.25) is 0 Å². The topological polar surface area (TPSA) is 93.7 Å². The number of hydrogen-bond acceptors (Lipinski definition) is 6. The van der Waals surface area contributed by atoms with Crippen molar-refractivity contribution in [3.63, 3.8) is 0 Å². The van der Waals surface area contributed by atoms with Gasteiger partial charge in [-0.3, -0.25) is 4.68 Å². The fourth-order valence-corrected chi connectivity index (χ4v) is 3.28. The van der Waals surface area contributed by atoms with Gasteiger partial charge in [0.15, 0.2) is 5.82 Å². The van der Waals surface area contributed by atoms with Gasteiger partial charge in [-0.05, 0) is 51.0 Å². The van der Waals surface area contributed by atoms with Crippen LogP contribution in [0.5, 0.6) is 0 Å². The Bertz CT molecular complexity index is 883. The molecular weight excluding hydrogens is 318 g/mol. The largest absolute Gasteiger partial charge is 0.391 e. The minimum Gasteiger partial charge on any atom is -0.391 e. The third-order valence-corrected chi connectivity index (χ3v) is 4.55. The number of nitrogens with zero attached hydrogens (tertiary/aromatic N) is 6. The summed E-state index contributed by atoms with van der Waals surface area (Å²) in [4.78, 5) is 0. The van der Waals surface area contributed by atoms with Gasteiger partial charge in [0.1, 0.15) is 5.82 Å². The molecule has 0 aliphatic heterocycles. The lowest BCUT2D eigenvalue weighted by Crippen LogP contribution is -2.51. The van der Waals surface area contributed by atoms with Gasteiger partial charge in [0.2, 0.25) is 0 Å². The molecule has 3 aromatic heterocycles. The Kier molecular flexibility index (Phi) is 3.76. The highest BCUT2D eigenvalue weighted by Crippen LogP contribution is 2.34. The quantitative estimate of drug-likeness (QED) is 0.749. The molecule has 25 heavy (non-hydrogen) atoms. The first kappa shape index (κ1) is 15.8. The van der Waals surface area contributed by atoms with E-state index in [2.05, 4.69) is 25.7 Å². The van der Waals surface area contributed by atoms with Gasteiger partial charge < -0.3 is 10.4 Å². The van der Waals surface area contributed by atoms with Gasteiger partial charge in [-0.1, -0.05) is 0 Å². The number of aliphatic hydroxyl groups excluding tert-OH is 1. The number of anilines is 1. The van der Waals surface area contributed by atoms with Gasteiger partial charge in [0, 0.05) is 11.9 Å². The van der Waals surface area contributed by atoms with Crippen molar-refractivity contribution in [3.05, 3.63) is 47.5 Å². The molecule has 1 aliphatic carbocycles. The molecule has 0 aromatic carbocycles. The second-order valence-corrected chi connectivity index (χ2v) is 6.66. The molecule has 1 fully saturated rings. The summed E-state index contributed by atoms with van der Waals surface area (Å²) in [6, 6.07) is 5.75. The summed E-state index contributed by atoms with van der Waals surface area (Å²) in [5.41, 5.74) is 3.04. The minimum atomic E-state index is -0.404. The molecule has 3 atom stereocenters. The fraction of sp³-hybridized carbons (Fsp3) is 0.412. The first-order chi connectivity index (χ1) is 12.0. The van der Waals surface area contributed by atoms with Gasteiger partial charge in [-0.25, -0.2) is 4.68 Å². The highest BCUT2D eigenvalue weighted by Gasteiger charge is 2.42. The zero-order chi connectivity index (χ0) is 17.6. The molecule has 0 radical (unpaired) electrons. The predicted molar refractivity (Wildman–Crippen MR) is 92.7 cm³/mol. The lowest BCUT2D eigenvalue weighted by Gasteiger charge is -2.42. The maximum absolute atomic E-state index is 10.1. The normalized spacial score (nSPS) is 22.6. The second kappa shape index (κ2) is 5.96. The highest BCUT2D eigenvalue weighted by molar-refractivity contribution is 5.39. The summed E-state index contributed by atoms with van der Waals surface area (Å²) in [7, 11) is 0. The Morgan fingerprint density at radius 1 is 1.20 bits per heavy atom. The van der Waals surface area contributed by atoms with E-state index in [1.165, 1.54) is 0 Å². The first-order valence-corrected chi connectivity index (χ1v) is 8.34. The van der Waals surface area contributed by atoms with Crippen molar-refractivity contribution in [1.82, 2.24) is 29.8 Å². The van der Waals surface area contributed by atoms with Crippen LogP contribution in [-0.2, 0) is 0 Å². The van der Waals surface area contributed by atoms with Crippen molar-refractivity contribution in [2.24, 2.45) is 0 Å². The van der Waals surface area contributed by atoms with Crippen LogP contribution in [0.15, 0.2) is 30.6 Å². The molecule has 0 spiro atoms. The van der Waals surface area contributed by atoms with Crippen molar-refractivity contribution in [2.45, 2.75) is 45.4 Å². The second-order valence-electron chi connectivity index (χ2n) is 6.66. The standard InChI is InChI=1S/C17H21N7O/c1-10-8-18-23(9-10)17-13(7-14(17)25)19-15-4-5-16(21-20-15)24-12(3)6-11(2)22-24/h4-6,8-9,13-14,17,25H,7H2,1-3H3,(H,19,20)/t13-,14+,17+/m0/s1. The lowest BCUT2D eigenvalue weighted by atomic mass is 9.83. The number of rotatable bonds is 4. The number of nitrogens with one attached hydrogen (secondary N) is 1. The smallest absolute Gasteiger partial charge is 0.176 e. The number of aromatic nitrogens is 6. The average Bonchev–Trinajstić information content (AvgIpc) is 3.12. The van der Waals surface area contributed by atoms with Crippen molar-refractivity contribution < 1.29 is 5.11 Å². The summed E-state index contributed by atoms with van der Waals surface area (Å²) in [5.74, 6) is 1.36. The minimum absolute atomic E-state index is 0.0723. The molecule has 0 bridgehead atoms. The molecule has 1 saturated carbocycles. The van der Waals surface area contributed by atoms with Gasteiger partial charge in [0.25, 0.3) is 0 Å². The van der Waals surface area contributed by atoms with E-state index < -0.39 is 6.10 Å². The van der Waals surface area contributed by atoms with Crippen molar-refractivity contribution in [2.75, 3.05) is 5.32 Å². The zero-order valence-corrected chi connectivity index (χ0v) is 14.5. The summed E-state index contributed by atoms with van der Waals surface area (Å²) >= 11 is 0. The third-order valence-electron chi connectivity index (χ3n) is 4.55. The molecule has 3 heterocycles. The Morgan fingerprint density at radius 3 is 2.60 bits per heavy atom. The zero-order valence-electron chi connectivity index (χ0n) is 14.5. The Labute approximate surface area is 145 Å². The SMILES string of the molecule is Cc1cnn([C@H]2[C@H](O)C[C@@H]2Nc2ccc(-n3nc(C)cc3C)nn2)c1. The molecule has 0 saturated heterocycles. The van der Waals surface area contributed by atoms with E-state index in [0.29, 0.717) is 18.1 Å². The van der Waals surface area contributed by atoms with Crippen LogP contribution in [0.3, 0.4) is 0 Å². The molecular formula is C17H21N7O. The van der Waals surface area contributed by atoms with Crippen molar-refractivity contribution >= 4 is 5.82 Å². The molecule has 8 nitrogen and oxygen atoms in total. The van der Waals surface area contributed by atoms with Gasteiger partial charge >= 0.3 is 0 Å². The van der Waals surface area contributed by atoms with Gasteiger partial charge in [-0.2, -0.15) is 10.2 Å². The van der Waals surface area contributed by atoms with E-state index in [-0.39, 0.29) is 12.1 Å². The molecule has 130 valence electrons. The Balaban J connectivity index is 1.49. The maximum Gasteiger partial charge on any atom is 0.176 e. The van der Waals surface area contributed by atoms with E-state index in [4.69, 9.17) is 0 Å². The van der Waals surface area contributed by atoms with Crippen LogP contribution in [0.4, 0.5) is 5.82 Å². The third kappa shape index (κ3) is 2.89. The summed E-state index contributed by atoms with van der Waals surface area (Å²) < 4.78 is 3.59. The van der Waals surface area contributed by atoms with Gasteiger partial charge in [0.05, 0.1) is 30.1 Å². The summed E-state index contributed by atoms with van der Waals surface area (Å²) in [6.07, 6.45) is 3.99. The van der Waals surface area contributed by atoms with E-state index >= 15 is 0 Å².